The predicted octanol–water partition coefficient (Wildman–Crippen LogP) is 3.54. The van der Waals surface area contributed by atoms with Crippen molar-refractivity contribution >= 4 is 5.91 Å². The van der Waals surface area contributed by atoms with Crippen molar-refractivity contribution in [2.24, 2.45) is 13.0 Å². The van der Waals surface area contributed by atoms with Gasteiger partial charge in [-0.2, -0.15) is 5.10 Å². The van der Waals surface area contributed by atoms with Crippen LogP contribution in [0.4, 0.5) is 4.39 Å². The Morgan fingerprint density at radius 1 is 1.26 bits per heavy atom. The van der Waals surface area contributed by atoms with E-state index in [0.717, 1.165) is 12.1 Å². The van der Waals surface area contributed by atoms with Gasteiger partial charge < -0.3 is 5.32 Å². The van der Waals surface area contributed by atoms with Crippen molar-refractivity contribution in [2.45, 2.75) is 32.1 Å². The first-order valence-electron chi connectivity index (χ1n) is 8.21. The van der Waals surface area contributed by atoms with Crippen LogP contribution in [0.2, 0.25) is 0 Å². The van der Waals surface area contributed by atoms with Crippen LogP contribution in [-0.4, -0.2) is 22.2 Å². The normalized spacial score (nSPS) is 15.6. The van der Waals surface area contributed by atoms with E-state index in [0.29, 0.717) is 17.3 Å². The van der Waals surface area contributed by atoms with Crippen LogP contribution in [0.25, 0.3) is 11.3 Å². The standard InChI is InChI=1S/C18H22FN3O/c1-22-17(18(23)20-12-13-5-3-2-4-6-13)11-16(21-22)14-7-9-15(19)10-8-14/h7-11,13H,2-6,12H2,1H3,(H,20,23). The molecule has 1 heterocycles. The lowest BCUT2D eigenvalue weighted by atomic mass is 9.89. The number of hydrogen-bond donors (Lipinski definition) is 1. The molecule has 1 saturated carbocycles. The number of rotatable bonds is 4. The van der Waals surface area contributed by atoms with E-state index in [-0.39, 0.29) is 11.7 Å². The first-order chi connectivity index (χ1) is 11.1. The second kappa shape index (κ2) is 6.94. The van der Waals surface area contributed by atoms with Crippen LogP contribution < -0.4 is 5.32 Å². The Balaban J connectivity index is 1.67. The first-order valence-corrected chi connectivity index (χ1v) is 8.21. The highest BCUT2D eigenvalue weighted by Crippen LogP contribution is 2.23. The lowest BCUT2D eigenvalue weighted by Gasteiger charge is -2.21. The maximum absolute atomic E-state index is 13.0. The van der Waals surface area contributed by atoms with Gasteiger partial charge in [-0.25, -0.2) is 4.39 Å². The number of hydrogen-bond acceptors (Lipinski definition) is 2. The molecule has 4 nitrogen and oxygen atoms in total. The molecular formula is C18H22FN3O. The van der Waals surface area contributed by atoms with E-state index >= 15 is 0 Å². The summed E-state index contributed by atoms with van der Waals surface area (Å²) in [5.74, 6) is 0.214. The summed E-state index contributed by atoms with van der Waals surface area (Å²) >= 11 is 0. The summed E-state index contributed by atoms with van der Waals surface area (Å²) < 4.78 is 14.6. The topological polar surface area (TPSA) is 46.9 Å². The fraction of sp³-hybridized carbons (Fsp3) is 0.444. The highest BCUT2D eigenvalue weighted by Gasteiger charge is 2.17. The van der Waals surface area contributed by atoms with E-state index in [1.165, 1.54) is 44.2 Å². The van der Waals surface area contributed by atoms with Crippen LogP contribution in [0.15, 0.2) is 30.3 Å². The summed E-state index contributed by atoms with van der Waals surface area (Å²) in [6.07, 6.45) is 6.24. The molecule has 1 aliphatic rings. The number of amides is 1. The Hall–Kier alpha value is -2.17. The van der Waals surface area contributed by atoms with Gasteiger partial charge >= 0.3 is 0 Å². The van der Waals surface area contributed by atoms with Gasteiger partial charge in [0, 0.05) is 19.2 Å². The minimum atomic E-state index is -0.282. The molecule has 0 unspecified atom stereocenters. The monoisotopic (exact) mass is 315 g/mol. The number of halogens is 1. The molecule has 1 fully saturated rings. The number of aromatic nitrogens is 2. The van der Waals surface area contributed by atoms with Gasteiger partial charge in [-0.15, -0.1) is 0 Å². The highest BCUT2D eigenvalue weighted by molar-refractivity contribution is 5.93. The van der Waals surface area contributed by atoms with Gasteiger partial charge in [0.15, 0.2) is 0 Å². The van der Waals surface area contributed by atoms with Crippen LogP contribution in [0.1, 0.15) is 42.6 Å². The fourth-order valence-electron chi connectivity index (χ4n) is 3.16. The molecule has 1 amide bonds. The molecule has 1 aliphatic carbocycles. The Morgan fingerprint density at radius 2 is 1.96 bits per heavy atom. The lowest BCUT2D eigenvalue weighted by Crippen LogP contribution is -2.31. The van der Waals surface area contributed by atoms with Gasteiger partial charge in [-0.1, -0.05) is 19.3 Å². The van der Waals surface area contributed by atoms with Crippen LogP contribution in [0, 0.1) is 11.7 Å². The molecule has 0 radical (unpaired) electrons. The molecule has 0 spiro atoms. The lowest BCUT2D eigenvalue weighted by molar-refractivity contribution is 0.0934. The molecule has 2 aromatic rings. The zero-order valence-electron chi connectivity index (χ0n) is 13.4. The average molecular weight is 315 g/mol. The molecule has 1 aromatic heterocycles. The fourth-order valence-corrected chi connectivity index (χ4v) is 3.16. The summed E-state index contributed by atoms with van der Waals surface area (Å²) in [5, 5.41) is 7.38. The van der Waals surface area contributed by atoms with Crippen LogP contribution >= 0.6 is 0 Å². The Bertz CT molecular complexity index is 672. The van der Waals surface area contributed by atoms with Crippen molar-refractivity contribution in [3.05, 3.63) is 41.8 Å². The Kier molecular flexibility index (Phi) is 4.74. The second-order valence-electron chi connectivity index (χ2n) is 6.26. The largest absolute Gasteiger partial charge is 0.350 e. The van der Waals surface area contributed by atoms with Gasteiger partial charge in [0.1, 0.15) is 11.5 Å². The highest BCUT2D eigenvalue weighted by atomic mass is 19.1. The number of benzene rings is 1. The number of carbonyl (C=O) groups excluding carboxylic acids is 1. The minimum absolute atomic E-state index is 0.0982. The smallest absolute Gasteiger partial charge is 0.269 e. The first kappa shape index (κ1) is 15.7. The Morgan fingerprint density at radius 3 is 2.65 bits per heavy atom. The van der Waals surface area contributed by atoms with E-state index in [9.17, 15) is 9.18 Å². The summed E-state index contributed by atoms with van der Waals surface area (Å²) in [5.41, 5.74) is 2.00. The van der Waals surface area contributed by atoms with Crippen molar-refractivity contribution in [1.82, 2.24) is 15.1 Å². The predicted molar refractivity (Wildman–Crippen MR) is 87.5 cm³/mol. The van der Waals surface area contributed by atoms with Crippen molar-refractivity contribution in [2.75, 3.05) is 6.54 Å². The molecule has 0 atom stereocenters. The third-order valence-electron chi connectivity index (χ3n) is 4.53. The van der Waals surface area contributed by atoms with Crippen molar-refractivity contribution in [1.29, 1.82) is 0 Å². The zero-order valence-corrected chi connectivity index (χ0v) is 13.4. The molecular weight excluding hydrogens is 293 g/mol. The number of aryl methyl sites for hydroxylation is 1. The van der Waals surface area contributed by atoms with E-state index in [1.54, 1.807) is 29.9 Å². The van der Waals surface area contributed by atoms with Crippen molar-refractivity contribution in [3.8, 4) is 11.3 Å². The molecule has 5 heteroatoms. The molecule has 0 saturated heterocycles. The summed E-state index contributed by atoms with van der Waals surface area (Å²) in [6.45, 7) is 0.732. The van der Waals surface area contributed by atoms with E-state index in [1.807, 2.05) is 0 Å². The number of nitrogens with zero attached hydrogens (tertiary/aromatic N) is 2. The van der Waals surface area contributed by atoms with Gasteiger partial charge in [-0.05, 0) is 49.1 Å². The molecule has 122 valence electrons. The van der Waals surface area contributed by atoms with Crippen LogP contribution in [-0.2, 0) is 7.05 Å². The van der Waals surface area contributed by atoms with Gasteiger partial charge in [-0.3, -0.25) is 9.48 Å². The van der Waals surface area contributed by atoms with E-state index in [2.05, 4.69) is 10.4 Å². The molecule has 0 bridgehead atoms. The Labute approximate surface area is 135 Å². The maximum atomic E-state index is 13.0. The van der Waals surface area contributed by atoms with Gasteiger partial charge in [0.25, 0.3) is 5.91 Å². The summed E-state index contributed by atoms with van der Waals surface area (Å²) in [4.78, 5) is 12.4. The maximum Gasteiger partial charge on any atom is 0.269 e. The summed E-state index contributed by atoms with van der Waals surface area (Å²) in [7, 11) is 1.75. The number of carbonyl (C=O) groups is 1. The van der Waals surface area contributed by atoms with E-state index < -0.39 is 0 Å². The third-order valence-corrected chi connectivity index (χ3v) is 4.53. The molecule has 1 N–H and O–H groups in total. The quantitative estimate of drug-likeness (QED) is 0.938. The summed E-state index contributed by atoms with van der Waals surface area (Å²) in [6, 6.07) is 7.88. The van der Waals surface area contributed by atoms with E-state index in [4.69, 9.17) is 0 Å². The average Bonchev–Trinajstić information content (AvgIpc) is 2.96. The van der Waals surface area contributed by atoms with Crippen molar-refractivity contribution < 1.29 is 9.18 Å². The molecule has 3 rings (SSSR count). The van der Waals surface area contributed by atoms with Crippen LogP contribution in [0.5, 0.6) is 0 Å². The van der Waals surface area contributed by atoms with Gasteiger partial charge in [0.2, 0.25) is 0 Å². The number of nitrogens with one attached hydrogen (secondary N) is 1. The zero-order chi connectivity index (χ0) is 16.2. The van der Waals surface area contributed by atoms with Crippen LogP contribution in [0.3, 0.4) is 0 Å². The minimum Gasteiger partial charge on any atom is -0.350 e. The SMILES string of the molecule is Cn1nc(-c2ccc(F)cc2)cc1C(=O)NCC1CCCCC1. The van der Waals surface area contributed by atoms with Gasteiger partial charge in [0.05, 0.1) is 5.69 Å². The van der Waals surface area contributed by atoms with Crippen molar-refractivity contribution in [3.63, 3.8) is 0 Å². The third kappa shape index (κ3) is 3.78. The molecule has 1 aromatic carbocycles. The molecule has 23 heavy (non-hydrogen) atoms. The second-order valence-corrected chi connectivity index (χ2v) is 6.26. The molecule has 0 aliphatic heterocycles.